The Morgan fingerprint density at radius 2 is 2.03 bits per heavy atom. The van der Waals surface area contributed by atoms with Crippen LogP contribution in [0.25, 0.3) is 5.65 Å². The normalized spacial score (nSPS) is 26.4. The Hall–Kier alpha value is -2.41. The van der Waals surface area contributed by atoms with Gasteiger partial charge in [0.25, 0.3) is 5.56 Å². The van der Waals surface area contributed by atoms with Crippen LogP contribution >= 0.6 is 0 Å². The SMILES string of the molecule is O=C(C1CC1)N1CCc2nc3cc([C@@H]4CCCCN4C[C@@H]4CC=CCC4)[nH]n3c(=O)c2C1. The summed E-state index contributed by atoms with van der Waals surface area (Å²) in [7, 11) is 0. The molecule has 1 N–H and O–H groups in total. The van der Waals surface area contributed by atoms with Crippen molar-refractivity contribution < 1.29 is 4.79 Å². The molecule has 0 aromatic carbocycles. The van der Waals surface area contributed by atoms with Gasteiger partial charge in [-0.2, -0.15) is 0 Å². The van der Waals surface area contributed by atoms with Gasteiger partial charge in [-0.1, -0.05) is 18.6 Å². The number of aromatic nitrogens is 3. The molecule has 4 heterocycles. The van der Waals surface area contributed by atoms with Crippen LogP contribution < -0.4 is 5.56 Å². The van der Waals surface area contributed by atoms with E-state index in [-0.39, 0.29) is 17.4 Å². The second-order valence-corrected chi connectivity index (χ2v) is 10.2. The molecular weight excluding hydrogens is 402 g/mol. The van der Waals surface area contributed by atoms with Gasteiger partial charge in [0.15, 0.2) is 5.65 Å². The molecule has 2 fully saturated rings. The molecule has 7 heteroatoms. The first-order chi connectivity index (χ1) is 15.7. The molecule has 1 amide bonds. The lowest BCUT2D eigenvalue weighted by Crippen LogP contribution is -2.41. The lowest BCUT2D eigenvalue weighted by atomic mass is 9.91. The molecular formula is C25H33N5O2. The first kappa shape index (κ1) is 20.2. The average Bonchev–Trinajstić information content (AvgIpc) is 3.59. The number of aromatic amines is 1. The zero-order valence-electron chi connectivity index (χ0n) is 18.8. The van der Waals surface area contributed by atoms with Gasteiger partial charge in [0, 0.05) is 31.5 Å². The van der Waals surface area contributed by atoms with E-state index in [4.69, 9.17) is 4.98 Å². The Balaban J connectivity index is 1.28. The number of amides is 1. The number of fused-ring (bicyclic) bond motifs is 2. The Bertz CT molecular complexity index is 1110. The lowest BCUT2D eigenvalue weighted by Gasteiger charge is -2.37. The zero-order valence-corrected chi connectivity index (χ0v) is 18.8. The quantitative estimate of drug-likeness (QED) is 0.749. The maximum absolute atomic E-state index is 13.4. The molecule has 2 aliphatic heterocycles. The summed E-state index contributed by atoms with van der Waals surface area (Å²) in [5.41, 5.74) is 3.34. The summed E-state index contributed by atoms with van der Waals surface area (Å²) in [5.74, 6) is 1.13. The van der Waals surface area contributed by atoms with Gasteiger partial charge < -0.3 is 4.90 Å². The minimum absolute atomic E-state index is 0.0377. The largest absolute Gasteiger partial charge is 0.337 e. The molecule has 32 heavy (non-hydrogen) atoms. The summed E-state index contributed by atoms with van der Waals surface area (Å²) in [5, 5.41) is 3.41. The predicted molar refractivity (Wildman–Crippen MR) is 122 cm³/mol. The van der Waals surface area contributed by atoms with Crippen molar-refractivity contribution >= 4 is 11.6 Å². The third-order valence-electron chi connectivity index (χ3n) is 7.86. The summed E-state index contributed by atoms with van der Waals surface area (Å²) < 4.78 is 1.62. The van der Waals surface area contributed by atoms with Crippen LogP contribution in [0.5, 0.6) is 0 Å². The number of rotatable bonds is 4. The highest BCUT2D eigenvalue weighted by Crippen LogP contribution is 2.34. The fourth-order valence-electron chi connectivity index (χ4n) is 5.86. The molecule has 6 rings (SSSR count). The highest BCUT2D eigenvalue weighted by atomic mass is 16.2. The zero-order chi connectivity index (χ0) is 21.7. The van der Waals surface area contributed by atoms with Crippen molar-refractivity contribution in [3.8, 4) is 0 Å². The van der Waals surface area contributed by atoms with Crippen LogP contribution in [0.2, 0.25) is 0 Å². The molecule has 0 unspecified atom stereocenters. The Morgan fingerprint density at radius 1 is 1.12 bits per heavy atom. The molecule has 7 nitrogen and oxygen atoms in total. The smallest absolute Gasteiger partial charge is 0.277 e. The van der Waals surface area contributed by atoms with E-state index in [0.29, 0.717) is 31.1 Å². The van der Waals surface area contributed by atoms with Crippen LogP contribution in [0.3, 0.4) is 0 Å². The van der Waals surface area contributed by atoms with Crippen molar-refractivity contribution in [1.29, 1.82) is 0 Å². The van der Waals surface area contributed by atoms with E-state index >= 15 is 0 Å². The van der Waals surface area contributed by atoms with Crippen LogP contribution in [-0.2, 0) is 17.8 Å². The molecule has 1 saturated heterocycles. The number of carbonyl (C=O) groups is 1. The van der Waals surface area contributed by atoms with Gasteiger partial charge in [-0.15, -0.1) is 0 Å². The van der Waals surface area contributed by atoms with Gasteiger partial charge >= 0.3 is 0 Å². The Labute approximate surface area is 188 Å². The fraction of sp³-hybridized carbons (Fsp3) is 0.640. The number of carbonyl (C=O) groups excluding carboxylic acids is 1. The van der Waals surface area contributed by atoms with Crippen LogP contribution in [0.1, 0.15) is 74.4 Å². The molecule has 2 aliphatic carbocycles. The summed E-state index contributed by atoms with van der Waals surface area (Å²) in [6.45, 7) is 3.33. The van der Waals surface area contributed by atoms with Crippen LogP contribution in [0, 0.1) is 11.8 Å². The van der Waals surface area contributed by atoms with Crippen molar-refractivity contribution in [3.05, 3.63) is 45.5 Å². The van der Waals surface area contributed by atoms with Crippen LogP contribution in [0.15, 0.2) is 23.0 Å². The third-order valence-corrected chi connectivity index (χ3v) is 7.86. The maximum atomic E-state index is 13.4. The van der Waals surface area contributed by atoms with Gasteiger partial charge in [0.2, 0.25) is 5.91 Å². The molecule has 4 aliphatic rings. The van der Waals surface area contributed by atoms with Gasteiger partial charge in [0.05, 0.1) is 29.5 Å². The number of H-pyrrole nitrogens is 1. The molecule has 0 radical (unpaired) electrons. The number of nitrogens with zero attached hydrogens (tertiary/aromatic N) is 4. The molecule has 170 valence electrons. The monoisotopic (exact) mass is 435 g/mol. The number of nitrogens with one attached hydrogen (secondary N) is 1. The van der Waals surface area contributed by atoms with Gasteiger partial charge in [-0.3, -0.25) is 19.6 Å². The van der Waals surface area contributed by atoms with Crippen molar-refractivity contribution in [1.82, 2.24) is 24.4 Å². The topological polar surface area (TPSA) is 73.7 Å². The van der Waals surface area contributed by atoms with E-state index in [1.807, 2.05) is 4.90 Å². The minimum atomic E-state index is -0.0377. The maximum Gasteiger partial charge on any atom is 0.277 e. The van der Waals surface area contributed by atoms with E-state index < -0.39 is 0 Å². The first-order valence-corrected chi connectivity index (χ1v) is 12.5. The first-order valence-electron chi connectivity index (χ1n) is 12.5. The summed E-state index contributed by atoms with van der Waals surface area (Å²) in [4.78, 5) is 35.2. The molecule has 2 aromatic rings. The van der Waals surface area contributed by atoms with E-state index in [9.17, 15) is 9.59 Å². The molecule has 1 saturated carbocycles. The van der Waals surface area contributed by atoms with E-state index in [1.54, 1.807) is 4.52 Å². The summed E-state index contributed by atoms with van der Waals surface area (Å²) in [6.07, 6.45) is 14.5. The predicted octanol–water partition coefficient (Wildman–Crippen LogP) is 3.20. The average molecular weight is 436 g/mol. The van der Waals surface area contributed by atoms with E-state index in [2.05, 4.69) is 28.2 Å². The summed E-state index contributed by atoms with van der Waals surface area (Å²) in [6, 6.07) is 2.41. The van der Waals surface area contributed by atoms with Gasteiger partial charge in [-0.05, 0) is 57.4 Å². The van der Waals surface area contributed by atoms with Gasteiger partial charge in [0.1, 0.15) is 0 Å². The third kappa shape index (κ3) is 3.70. The number of allylic oxidation sites excluding steroid dienone is 2. The van der Waals surface area contributed by atoms with Crippen molar-refractivity contribution in [2.75, 3.05) is 19.6 Å². The molecule has 0 bridgehead atoms. The standard InChI is InChI=1S/C25H33N5O2/c31-24(18-9-10-18)29-13-11-20-19(16-29)25(32)30-23(26-20)14-21(27-30)22-8-4-5-12-28(22)15-17-6-2-1-3-7-17/h1-2,14,17-18,22,27H,3-13,15-16H2/t17-,22+/m1/s1. The Morgan fingerprint density at radius 3 is 2.84 bits per heavy atom. The number of hydrogen-bond donors (Lipinski definition) is 1. The van der Waals surface area contributed by atoms with E-state index in [0.717, 1.165) is 55.3 Å². The van der Waals surface area contributed by atoms with Crippen molar-refractivity contribution in [2.24, 2.45) is 11.8 Å². The molecule has 2 atom stereocenters. The number of likely N-dealkylation sites (tertiary alicyclic amines) is 1. The van der Waals surface area contributed by atoms with E-state index in [1.165, 1.54) is 32.1 Å². The second kappa shape index (κ2) is 8.18. The highest BCUT2D eigenvalue weighted by molar-refractivity contribution is 5.81. The second-order valence-electron chi connectivity index (χ2n) is 10.2. The number of hydrogen-bond acceptors (Lipinski definition) is 4. The van der Waals surface area contributed by atoms with Crippen molar-refractivity contribution in [3.63, 3.8) is 0 Å². The van der Waals surface area contributed by atoms with Crippen molar-refractivity contribution in [2.45, 2.75) is 70.4 Å². The highest BCUT2D eigenvalue weighted by Gasteiger charge is 2.36. The van der Waals surface area contributed by atoms with Crippen LogP contribution in [-0.4, -0.2) is 49.9 Å². The lowest BCUT2D eigenvalue weighted by molar-refractivity contribution is -0.133. The fourth-order valence-corrected chi connectivity index (χ4v) is 5.86. The van der Waals surface area contributed by atoms with Gasteiger partial charge in [-0.25, -0.2) is 9.50 Å². The minimum Gasteiger partial charge on any atom is -0.337 e. The Kier molecular flexibility index (Phi) is 5.17. The number of piperidine rings is 1. The molecule has 2 aromatic heterocycles. The van der Waals surface area contributed by atoms with Crippen LogP contribution in [0.4, 0.5) is 0 Å². The molecule has 0 spiro atoms. The summed E-state index contributed by atoms with van der Waals surface area (Å²) >= 11 is 0.